The summed E-state index contributed by atoms with van der Waals surface area (Å²) in [5.74, 6) is 2.50. The maximum atomic E-state index is 6.39. The van der Waals surface area contributed by atoms with Crippen LogP contribution in [0.4, 0.5) is 5.69 Å². The van der Waals surface area contributed by atoms with Crippen molar-refractivity contribution in [3.63, 3.8) is 0 Å². The van der Waals surface area contributed by atoms with Crippen LogP contribution in [0.3, 0.4) is 0 Å². The van der Waals surface area contributed by atoms with Gasteiger partial charge in [-0.3, -0.25) is 0 Å². The second-order valence-corrected chi connectivity index (χ2v) is 6.60. The van der Waals surface area contributed by atoms with Crippen molar-refractivity contribution >= 4 is 29.1 Å². The standard InChI is InChI=1S/C15H23ClN2S/c1-3-8-17-10-13-14(16)5-4-6-15(13)18(2)12-7-9-19-11-12/h4-6,12,17H,3,7-11H2,1-2H3. The number of nitrogens with one attached hydrogen (secondary N) is 1. The number of nitrogens with zero attached hydrogens (tertiary/aromatic N) is 1. The molecule has 0 amide bonds. The number of benzene rings is 1. The maximum absolute atomic E-state index is 6.39. The first-order chi connectivity index (χ1) is 9.24. The number of rotatable bonds is 6. The van der Waals surface area contributed by atoms with Crippen LogP contribution in [0, 0.1) is 0 Å². The Balaban J connectivity index is 2.15. The van der Waals surface area contributed by atoms with Gasteiger partial charge in [0.15, 0.2) is 0 Å². The minimum absolute atomic E-state index is 0.647. The van der Waals surface area contributed by atoms with E-state index in [1.165, 1.54) is 29.2 Å². The Morgan fingerprint density at radius 1 is 1.47 bits per heavy atom. The van der Waals surface area contributed by atoms with E-state index in [9.17, 15) is 0 Å². The van der Waals surface area contributed by atoms with E-state index in [1.54, 1.807) is 0 Å². The SMILES string of the molecule is CCCNCc1c(Cl)cccc1N(C)C1CCSC1. The van der Waals surface area contributed by atoms with Crippen LogP contribution in [-0.4, -0.2) is 31.1 Å². The Morgan fingerprint density at radius 3 is 3.00 bits per heavy atom. The largest absolute Gasteiger partial charge is 0.370 e. The van der Waals surface area contributed by atoms with Gasteiger partial charge in [0.2, 0.25) is 0 Å². The summed E-state index contributed by atoms with van der Waals surface area (Å²) in [6.07, 6.45) is 2.42. The van der Waals surface area contributed by atoms with Crippen LogP contribution in [-0.2, 0) is 6.54 Å². The van der Waals surface area contributed by atoms with Gasteiger partial charge in [0.05, 0.1) is 0 Å². The molecule has 0 aliphatic carbocycles. The molecule has 1 unspecified atom stereocenters. The van der Waals surface area contributed by atoms with Gasteiger partial charge in [-0.2, -0.15) is 11.8 Å². The molecule has 0 saturated carbocycles. The minimum Gasteiger partial charge on any atom is -0.370 e. The predicted octanol–water partition coefficient (Wildman–Crippen LogP) is 3.78. The molecule has 1 N–H and O–H groups in total. The zero-order chi connectivity index (χ0) is 13.7. The van der Waals surface area contributed by atoms with Gasteiger partial charge in [-0.1, -0.05) is 24.6 Å². The van der Waals surface area contributed by atoms with Crippen molar-refractivity contribution in [1.82, 2.24) is 5.32 Å². The summed E-state index contributed by atoms with van der Waals surface area (Å²) in [7, 11) is 2.20. The van der Waals surface area contributed by atoms with Crippen molar-refractivity contribution in [3.8, 4) is 0 Å². The highest BCUT2D eigenvalue weighted by Crippen LogP contribution is 2.31. The van der Waals surface area contributed by atoms with Gasteiger partial charge in [0.1, 0.15) is 0 Å². The highest BCUT2D eigenvalue weighted by Gasteiger charge is 2.22. The van der Waals surface area contributed by atoms with Gasteiger partial charge >= 0.3 is 0 Å². The Bertz CT molecular complexity index is 405. The average molecular weight is 299 g/mol. The molecule has 2 nitrogen and oxygen atoms in total. The molecular weight excluding hydrogens is 276 g/mol. The molecule has 1 aromatic carbocycles. The van der Waals surface area contributed by atoms with Crippen LogP contribution in [0.25, 0.3) is 0 Å². The first kappa shape index (κ1) is 15.0. The van der Waals surface area contributed by atoms with Gasteiger partial charge in [-0.05, 0) is 37.3 Å². The molecule has 106 valence electrons. The summed E-state index contributed by atoms with van der Waals surface area (Å²) in [4.78, 5) is 2.41. The van der Waals surface area contributed by atoms with Crippen LogP contribution >= 0.6 is 23.4 Å². The second-order valence-electron chi connectivity index (χ2n) is 5.04. The number of thioether (sulfide) groups is 1. The highest BCUT2D eigenvalue weighted by atomic mass is 35.5. The fraction of sp³-hybridized carbons (Fsp3) is 0.600. The first-order valence-corrected chi connectivity index (χ1v) is 8.56. The molecule has 1 atom stereocenters. The molecule has 1 aliphatic heterocycles. The summed E-state index contributed by atoms with van der Waals surface area (Å²) in [5, 5.41) is 4.34. The number of hydrogen-bond donors (Lipinski definition) is 1. The van der Waals surface area contributed by atoms with Crippen molar-refractivity contribution in [2.24, 2.45) is 0 Å². The Morgan fingerprint density at radius 2 is 2.32 bits per heavy atom. The zero-order valence-electron chi connectivity index (χ0n) is 11.8. The van der Waals surface area contributed by atoms with Crippen molar-refractivity contribution in [3.05, 3.63) is 28.8 Å². The average Bonchev–Trinajstić information content (AvgIpc) is 2.94. The third kappa shape index (κ3) is 3.80. The lowest BCUT2D eigenvalue weighted by molar-refractivity contribution is 0.662. The summed E-state index contributed by atoms with van der Waals surface area (Å²) in [6, 6.07) is 6.89. The molecule has 0 spiro atoms. The van der Waals surface area contributed by atoms with Crippen LogP contribution in [0.2, 0.25) is 5.02 Å². The molecule has 0 bridgehead atoms. The first-order valence-electron chi connectivity index (χ1n) is 7.02. The summed E-state index contributed by atoms with van der Waals surface area (Å²) in [6.45, 7) is 4.07. The van der Waals surface area contributed by atoms with E-state index < -0.39 is 0 Å². The van der Waals surface area contributed by atoms with E-state index >= 15 is 0 Å². The summed E-state index contributed by atoms with van der Waals surface area (Å²) in [5.41, 5.74) is 2.51. The van der Waals surface area contributed by atoms with E-state index in [0.717, 1.165) is 24.5 Å². The summed E-state index contributed by atoms with van der Waals surface area (Å²) >= 11 is 8.43. The minimum atomic E-state index is 0.647. The van der Waals surface area contributed by atoms with Crippen LogP contribution < -0.4 is 10.2 Å². The normalized spacial score (nSPS) is 18.8. The molecule has 0 radical (unpaired) electrons. The Kier molecular flexibility index (Phi) is 5.86. The molecule has 1 aliphatic rings. The van der Waals surface area contributed by atoms with Gasteiger partial charge in [0, 0.05) is 41.7 Å². The van der Waals surface area contributed by atoms with Crippen LogP contribution in [0.1, 0.15) is 25.3 Å². The van der Waals surface area contributed by atoms with Gasteiger partial charge in [-0.15, -0.1) is 0 Å². The van der Waals surface area contributed by atoms with E-state index in [2.05, 4.69) is 36.3 Å². The summed E-state index contributed by atoms with van der Waals surface area (Å²) < 4.78 is 0. The van der Waals surface area contributed by atoms with Crippen molar-refractivity contribution < 1.29 is 0 Å². The molecule has 4 heteroatoms. The lowest BCUT2D eigenvalue weighted by Gasteiger charge is -2.29. The lowest BCUT2D eigenvalue weighted by atomic mass is 10.1. The van der Waals surface area contributed by atoms with Crippen molar-refractivity contribution in [1.29, 1.82) is 0 Å². The van der Waals surface area contributed by atoms with Gasteiger partial charge in [-0.25, -0.2) is 0 Å². The molecular formula is C15H23ClN2S. The van der Waals surface area contributed by atoms with Crippen LogP contribution in [0.5, 0.6) is 0 Å². The van der Waals surface area contributed by atoms with Crippen molar-refractivity contribution in [2.45, 2.75) is 32.4 Å². The third-order valence-corrected chi connectivity index (χ3v) is 5.16. The highest BCUT2D eigenvalue weighted by molar-refractivity contribution is 7.99. The maximum Gasteiger partial charge on any atom is 0.0471 e. The number of halogens is 1. The van der Waals surface area contributed by atoms with E-state index in [4.69, 9.17) is 11.6 Å². The molecule has 1 saturated heterocycles. The van der Waals surface area contributed by atoms with Gasteiger partial charge < -0.3 is 10.2 Å². The second kappa shape index (κ2) is 7.41. The molecule has 2 rings (SSSR count). The van der Waals surface area contributed by atoms with Crippen molar-refractivity contribution in [2.75, 3.05) is 30.0 Å². The van der Waals surface area contributed by atoms with Crippen LogP contribution in [0.15, 0.2) is 18.2 Å². The number of hydrogen-bond acceptors (Lipinski definition) is 3. The predicted molar refractivity (Wildman–Crippen MR) is 87.6 cm³/mol. The number of anilines is 1. The monoisotopic (exact) mass is 298 g/mol. The fourth-order valence-electron chi connectivity index (χ4n) is 2.47. The van der Waals surface area contributed by atoms with E-state index in [-0.39, 0.29) is 0 Å². The third-order valence-electron chi connectivity index (χ3n) is 3.66. The topological polar surface area (TPSA) is 15.3 Å². The zero-order valence-corrected chi connectivity index (χ0v) is 13.4. The Labute approximate surface area is 125 Å². The Hall–Kier alpha value is -0.380. The quantitative estimate of drug-likeness (QED) is 0.805. The molecule has 0 aromatic heterocycles. The fourth-order valence-corrected chi connectivity index (χ4v) is 3.97. The van der Waals surface area contributed by atoms with Gasteiger partial charge in [0.25, 0.3) is 0 Å². The molecule has 19 heavy (non-hydrogen) atoms. The lowest BCUT2D eigenvalue weighted by Crippen LogP contribution is -2.32. The molecule has 1 aromatic rings. The smallest absolute Gasteiger partial charge is 0.0471 e. The molecule has 1 heterocycles. The van der Waals surface area contributed by atoms with E-state index in [0.29, 0.717) is 6.04 Å². The van der Waals surface area contributed by atoms with E-state index in [1.807, 2.05) is 17.8 Å². The molecule has 1 fully saturated rings.